The minimum atomic E-state index is -4.57. The van der Waals surface area contributed by atoms with E-state index in [0.717, 1.165) is 38.5 Å². The number of phosphoric acid groups is 1. The van der Waals surface area contributed by atoms with Crippen LogP contribution in [0, 0.1) is 0 Å². The Bertz CT molecular complexity index is 1120. The van der Waals surface area contributed by atoms with Gasteiger partial charge in [0.15, 0.2) is 0 Å². The summed E-state index contributed by atoms with van der Waals surface area (Å²) in [5, 5.41) is 14.0. The number of likely N-dealkylation sites (N-methyl/N-ethyl adjacent to an activating group) is 1. The van der Waals surface area contributed by atoms with Gasteiger partial charge in [-0.3, -0.25) is 9.36 Å². The summed E-state index contributed by atoms with van der Waals surface area (Å²) in [6, 6.07) is -0.800. The predicted octanol–water partition coefficient (Wildman–Crippen LogP) is 17.6. The van der Waals surface area contributed by atoms with Gasteiger partial charge in [0.05, 0.1) is 39.9 Å². The van der Waals surface area contributed by atoms with Crippen LogP contribution in [-0.4, -0.2) is 68.5 Å². The number of rotatable bonds is 56. The quantitative estimate of drug-likeness (QED) is 0.0272. The molecule has 3 atom stereocenters. The van der Waals surface area contributed by atoms with Crippen molar-refractivity contribution in [3.8, 4) is 0 Å². The monoisotopic (exact) mass is 983 g/mol. The summed E-state index contributed by atoms with van der Waals surface area (Å²) in [4.78, 5) is 25.6. The number of hydrogen-bond acceptors (Lipinski definition) is 6. The van der Waals surface area contributed by atoms with Gasteiger partial charge in [0.25, 0.3) is 7.82 Å². The standard InChI is InChI=1S/C59H119N2O6P/c1-6-8-10-12-14-16-18-20-22-24-26-28-29-30-31-33-34-36-38-40-42-44-46-48-50-52-58(62)57(56-67-68(64,65)66-55-54-61(3,4)5)60-59(63)53-51-49-47-45-43-41-39-37-35-32-27-25-23-21-19-17-15-13-11-9-7-2/h25,27,57-58,62H,6-24,26,28-56H2,1-5H3,(H-,60,63,64,65)/b27-25-. The van der Waals surface area contributed by atoms with E-state index in [1.54, 1.807) is 0 Å². The Kier molecular flexibility index (Phi) is 50.6. The van der Waals surface area contributed by atoms with Gasteiger partial charge >= 0.3 is 0 Å². The molecule has 0 spiro atoms. The Hall–Kier alpha value is -0.760. The molecule has 1 amide bonds. The molecule has 3 unspecified atom stereocenters. The van der Waals surface area contributed by atoms with Crippen LogP contribution in [0.3, 0.4) is 0 Å². The van der Waals surface area contributed by atoms with E-state index < -0.39 is 20.0 Å². The molecule has 0 aromatic carbocycles. The highest BCUT2D eigenvalue weighted by Gasteiger charge is 2.24. The predicted molar refractivity (Wildman–Crippen MR) is 293 cm³/mol. The number of aliphatic hydroxyl groups is 1. The SMILES string of the molecule is CCCCCCCCCC/C=C\CCCCCCCCCCCC(=O)NC(COP(=O)([O-])OCC[N+](C)(C)C)C(O)CCCCCCCCCCCCCCCCCCCCCCCCCCC. The third-order valence-corrected chi connectivity index (χ3v) is 15.0. The van der Waals surface area contributed by atoms with E-state index in [1.165, 1.54) is 244 Å². The number of quaternary nitrogens is 1. The summed E-state index contributed by atoms with van der Waals surface area (Å²) in [6.45, 7) is 4.77. The van der Waals surface area contributed by atoms with Gasteiger partial charge in [-0.15, -0.1) is 0 Å². The van der Waals surface area contributed by atoms with Gasteiger partial charge in [0, 0.05) is 6.42 Å². The number of phosphoric ester groups is 1. The van der Waals surface area contributed by atoms with Gasteiger partial charge in [-0.05, 0) is 38.5 Å². The fourth-order valence-electron chi connectivity index (χ4n) is 9.27. The van der Waals surface area contributed by atoms with E-state index in [4.69, 9.17) is 9.05 Å². The maximum Gasteiger partial charge on any atom is 0.268 e. The molecule has 406 valence electrons. The van der Waals surface area contributed by atoms with Crippen molar-refractivity contribution in [3.63, 3.8) is 0 Å². The van der Waals surface area contributed by atoms with E-state index in [9.17, 15) is 19.4 Å². The van der Waals surface area contributed by atoms with Crippen molar-refractivity contribution in [1.82, 2.24) is 5.32 Å². The van der Waals surface area contributed by atoms with Crippen LogP contribution in [0.1, 0.15) is 309 Å². The van der Waals surface area contributed by atoms with E-state index in [1.807, 2.05) is 21.1 Å². The second kappa shape index (κ2) is 51.2. The maximum absolute atomic E-state index is 13.0. The fourth-order valence-corrected chi connectivity index (χ4v) is 10.00. The van der Waals surface area contributed by atoms with Gasteiger partial charge in [-0.1, -0.05) is 276 Å². The number of amides is 1. The number of carbonyl (C=O) groups is 1. The number of unbranched alkanes of at least 4 members (excludes halogenated alkanes) is 41. The van der Waals surface area contributed by atoms with Gasteiger partial charge in [-0.25, -0.2) is 0 Å². The zero-order valence-electron chi connectivity index (χ0n) is 46.3. The van der Waals surface area contributed by atoms with Crippen LogP contribution in [0.2, 0.25) is 0 Å². The molecule has 0 saturated heterocycles. The van der Waals surface area contributed by atoms with Crippen molar-refractivity contribution in [2.24, 2.45) is 0 Å². The van der Waals surface area contributed by atoms with Crippen molar-refractivity contribution >= 4 is 13.7 Å². The van der Waals surface area contributed by atoms with Crippen LogP contribution in [0.5, 0.6) is 0 Å². The molecular formula is C59H119N2O6P. The summed E-state index contributed by atoms with van der Waals surface area (Å²) < 4.78 is 23.5. The van der Waals surface area contributed by atoms with Crippen molar-refractivity contribution in [1.29, 1.82) is 0 Å². The molecule has 0 rings (SSSR count). The van der Waals surface area contributed by atoms with Crippen LogP contribution in [0.25, 0.3) is 0 Å². The molecule has 0 radical (unpaired) electrons. The summed E-state index contributed by atoms with van der Waals surface area (Å²) in [6.07, 6.45) is 62.5. The zero-order valence-corrected chi connectivity index (χ0v) is 47.2. The molecule has 0 bridgehead atoms. The Balaban J connectivity index is 4.12. The number of hydrogen-bond donors (Lipinski definition) is 2. The van der Waals surface area contributed by atoms with Gasteiger partial charge in [0.2, 0.25) is 5.91 Å². The van der Waals surface area contributed by atoms with Gasteiger partial charge in [0.1, 0.15) is 13.2 Å². The van der Waals surface area contributed by atoms with Gasteiger partial charge in [-0.2, -0.15) is 0 Å². The number of allylic oxidation sites excluding steroid dienone is 2. The van der Waals surface area contributed by atoms with Crippen LogP contribution >= 0.6 is 7.82 Å². The smallest absolute Gasteiger partial charge is 0.268 e. The first-order valence-corrected chi connectivity index (χ1v) is 31.5. The number of nitrogens with zero attached hydrogens (tertiary/aromatic N) is 1. The summed E-state index contributed by atoms with van der Waals surface area (Å²) >= 11 is 0. The lowest BCUT2D eigenvalue weighted by Gasteiger charge is -2.30. The lowest BCUT2D eigenvalue weighted by molar-refractivity contribution is -0.870. The van der Waals surface area contributed by atoms with E-state index in [0.29, 0.717) is 23.9 Å². The maximum atomic E-state index is 13.0. The highest BCUT2D eigenvalue weighted by atomic mass is 31.2. The van der Waals surface area contributed by atoms with Crippen LogP contribution in [0.15, 0.2) is 12.2 Å². The van der Waals surface area contributed by atoms with Crippen LogP contribution in [-0.2, 0) is 18.4 Å². The lowest BCUT2D eigenvalue weighted by Crippen LogP contribution is -2.46. The number of aliphatic hydroxyl groups excluding tert-OH is 1. The van der Waals surface area contributed by atoms with E-state index >= 15 is 0 Å². The molecule has 0 aliphatic carbocycles. The van der Waals surface area contributed by atoms with Crippen molar-refractivity contribution in [3.05, 3.63) is 12.2 Å². The number of carbonyl (C=O) groups excluding carboxylic acids is 1. The minimum absolute atomic E-state index is 0.0144. The summed E-state index contributed by atoms with van der Waals surface area (Å²) in [5.41, 5.74) is 0. The Morgan fingerprint density at radius 1 is 0.500 bits per heavy atom. The topological polar surface area (TPSA) is 108 Å². The average Bonchev–Trinajstić information content (AvgIpc) is 3.30. The van der Waals surface area contributed by atoms with E-state index in [-0.39, 0.29) is 19.1 Å². The second-order valence-electron chi connectivity index (χ2n) is 22.1. The molecule has 0 aliphatic heterocycles. The molecule has 68 heavy (non-hydrogen) atoms. The molecule has 0 fully saturated rings. The zero-order chi connectivity index (χ0) is 49.9. The molecule has 0 saturated carbocycles. The third kappa shape index (κ3) is 53.0. The largest absolute Gasteiger partial charge is 0.756 e. The first kappa shape index (κ1) is 67.2. The minimum Gasteiger partial charge on any atom is -0.756 e. The normalized spacial score (nSPS) is 13.9. The van der Waals surface area contributed by atoms with Crippen molar-refractivity contribution in [2.75, 3.05) is 40.9 Å². The molecule has 9 heteroatoms. The van der Waals surface area contributed by atoms with Gasteiger partial charge < -0.3 is 28.8 Å². The van der Waals surface area contributed by atoms with E-state index in [2.05, 4.69) is 31.3 Å². The number of nitrogens with one attached hydrogen (secondary N) is 1. The molecule has 8 nitrogen and oxygen atoms in total. The lowest BCUT2D eigenvalue weighted by atomic mass is 10.0. The molecule has 0 aromatic rings. The van der Waals surface area contributed by atoms with Crippen molar-refractivity contribution in [2.45, 2.75) is 321 Å². The first-order valence-electron chi connectivity index (χ1n) is 30.0. The highest BCUT2D eigenvalue weighted by molar-refractivity contribution is 7.45. The molecule has 2 N–H and O–H groups in total. The van der Waals surface area contributed by atoms with Crippen molar-refractivity contribution < 1.29 is 32.9 Å². The molecular weight excluding hydrogens is 864 g/mol. The average molecular weight is 984 g/mol. The molecule has 0 aromatic heterocycles. The fraction of sp³-hybridized carbons (Fsp3) is 0.949. The molecule has 0 aliphatic rings. The second-order valence-corrected chi connectivity index (χ2v) is 23.5. The highest BCUT2D eigenvalue weighted by Crippen LogP contribution is 2.38. The Morgan fingerprint density at radius 2 is 0.809 bits per heavy atom. The first-order chi connectivity index (χ1) is 33.0. The Labute approximate surface area is 424 Å². The third-order valence-electron chi connectivity index (χ3n) is 14.0. The van der Waals surface area contributed by atoms with Crippen LogP contribution < -0.4 is 10.2 Å². The summed E-state index contributed by atoms with van der Waals surface area (Å²) in [7, 11) is 1.32. The van der Waals surface area contributed by atoms with Crippen LogP contribution in [0.4, 0.5) is 0 Å². The molecule has 0 heterocycles. The Morgan fingerprint density at radius 3 is 1.15 bits per heavy atom. The summed E-state index contributed by atoms with van der Waals surface area (Å²) in [5.74, 6) is -0.161.